The van der Waals surface area contributed by atoms with E-state index < -0.39 is 11.9 Å². The van der Waals surface area contributed by atoms with E-state index in [2.05, 4.69) is 17.6 Å². The second-order valence-electron chi connectivity index (χ2n) is 1.87. The summed E-state index contributed by atoms with van der Waals surface area (Å²) < 4.78 is 35.6. The van der Waals surface area contributed by atoms with Gasteiger partial charge < -0.3 is 0 Å². The summed E-state index contributed by atoms with van der Waals surface area (Å²) in [6.07, 6.45) is -3.35. The third-order valence-corrected chi connectivity index (χ3v) is 1.28. The first-order chi connectivity index (χ1) is 5.00. The van der Waals surface area contributed by atoms with Crippen LogP contribution in [-0.2, 0) is 6.18 Å². The predicted octanol–water partition coefficient (Wildman–Crippen LogP) is 2.66. The second-order valence-corrected chi connectivity index (χ2v) is 2.35. The highest BCUT2D eigenvalue weighted by Gasteiger charge is 2.32. The van der Waals surface area contributed by atoms with Gasteiger partial charge in [0.2, 0.25) is 0 Å². The summed E-state index contributed by atoms with van der Waals surface area (Å²) in [7, 11) is 0. The van der Waals surface area contributed by atoms with Gasteiger partial charge in [-0.1, -0.05) is 12.6 Å². The number of rotatable bonds is 0. The molecule has 1 nitrogen and oxygen atoms in total. The van der Waals surface area contributed by atoms with E-state index in [1.807, 2.05) is 0 Å². The maximum Gasteiger partial charge on any atom is 0.433 e. The molecule has 0 aliphatic heterocycles. The van der Waals surface area contributed by atoms with Crippen molar-refractivity contribution < 1.29 is 13.2 Å². The molecule has 1 aromatic heterocycles. The monoisotopic (exact) mass is 178 g/mol. The molecule has 0 bridgehead atoms. The van der Waals surface area contributed by atoms with Gasteiger partial charge in [-0.3, -0.25) is 4.98 Å². The Hall–Kier alpha value is -0.840. The van der Waals surface area contributed by atoms with Crippen molar-refractivity contribution in [2.24, 2.45) is 0 Å². The predicted molar refractivity (Wildman–Crippen MR) is 35.1 cm³/mol. The smallest absolute Gasteiger partial charge is 0.252 e. The molecule has 0 fully saturated rings. The first-order valence-corrected chi connectivity index (χ1v) is 3.11. The van der Waals surface area contributed by atoms with E-state index in [-0.39, 0.29) is 4.90 Å². The number of hydrogen-bond donors (Lipinski definition) is 0. The number of alkyl halides is 3. The summed E-state index contributed by atoms with van der Waals surface area (Å²) in [5.74, 6) is 0. The van der Waals surface area contributed by atoms with E-state index in [0.717, 1.165) is 12.3 Å². The molecule has 0 amide bonds. The Labute approximate surface area is 66.7 Å². The highest BCUT2D eigenvalue weighted by Crippen LogP contribution is 2.28. The number of hydrogen-bond acceptors (Lipinski definition) is 1. The van der Waals surface area contributed by atoms with Crippen molar-refractivity contribution in [1.82, 2.24) is 4.98 Å². The van der Waals surface area contributed by atoms with Crippen molar-refractivity contribution in [3.05, 3.63) is 24.0 Å². The van der Waals surface area contributed by atoms with E-state index in [4.69, 9.17) is 0 Å². The average molecular weight is 178 g/mol. The molecule has 0 saturated heterocycles. The third kappa shape index (κ3) is 2.04. The molecule has 59 valence electrons. The number of nitrogens with zero attached hydrogens (tertiary/aromatic N) is 1. The fourth-order valence-corrected chi connectivity index (χ4v) is 0.739. The van der Waals surface area contributed by atoms with Crippen LogP contribution in [0.5, 0.6) is 0 Å². The van der Waals surface area contributed by atoms with Gasteiger partial charge in [0, 0.05) is 11.1 Å². The third-order valence-electron chi connectivity index (χ3n) is 1.02. The molecule has 1 radical (unpaired) electrons. The average Bonchev–Trinajstić information content (AvgIpc) is 1.86. The Morgan fingerprint density at radius 2 is 2.00 bits per heavy atom. The molecular weight excluding hydrogens is 175 g/mol. The lowest BCUT2D eigenvalue weighted by atomic mass is 10.3. The first kappa shape index (κ1) is 8.26. The highest BCUT2D eigenvalue weighted by atomic mass is 32.1. The molecule has 1 rings (SSSR count). The van der Waals surface area contributed by atoms with Gasteiger partial charge in [0.1, 0.15) is 5.69 Å². The Morgan fingerprint density at radius 1 is 1.36 bits per heavy atom. The normalized spacial score (nSPS) is 11.5. The zero-order valence-corrected chi connectivity index (χ0v) is 6.04. The minimum absolute atomic E-state index is 0.146. The van der Waals surface area contributed by atoms with Gasteiger partial charge in [-0.25, -0.2) is 0 Å². The van der Waals surface area contributed by atoms with Crippen molar-refractivity contribution in [3.63, 3.8) is 0 Å². The molecule has 0 aliphatic rings. The molecule has 5 heteroatoms. The van der Waals surface area contributed by atoms with Crippen LogP contribution in [0.25, 0.3) is 0 Å². The first-order valence-electron chi connectivity index (χ1n) is 2.70. The van der Waals surface area contributed by atoms with E-state index in [9.17, 15) is 13.2 Å². The van der Waals surface area contributed by atoms with Crippen molar-refractivity contribution >= 4 is 12.6 Å². The molecule has 0 atom stereocenters. The van der Waals surface area contributed by atoms with Gasteiger partial charge in [-0.15, -0.1) is 0 Å². The largest absolute Gasteiger partial charge is 0.433 e. The van der Waals surface area contributed by atoms with Gasteiger partial charge in [-0.2, -0.15) is 13.2 Å². The Kier molecular flexibility index (Phi) is 1.99. The van der Waals surface area contributed by atoms with Crippen molar-refractivity contribution in [1.29, 1.82) is 0 Å². The molecule has 0 aliphatic carbocycles. The fraction of sp³-hybridized carbons (Fsp3) is 0.167. The lowest BCUT2D eigenvalue weighted by Crippen LogP contribution is -2.06. The molecule has 11 heavy (non-hydrogen) atoms. The van der Waals surface area contributed by atoms with Crippen LogP contribution < -0.4 is 0 Å². The van der Waals surface area contributed by atoms with Crippen LogP contribution >= 0.6 is 12.6 Å². The molecule has 0 spiro atoms. The van der Waals surface area contributed by atoms with Crippen LogP contribution in [0.3, 0.4) is 0 Å². The minimum Gasteiger partial charge on any atom is -0.252 e. The fourth-order valence-electron chi connectivity index (χ4n) is 0.566. The van der Waals surface area contributed by atoms with Crippen LogP contribution in [0.4, 0.5) is 13.2 Å². The van der Waals surface area contributed by atoms with Gasteiger partial charge >= 0.3 is 6.18 Å². The Morgan fingerprint density at radius 3 is 2.36 bits per heavy atom. The molecule has 0 aromatic carbocycles. The minimum atomic E-state index is -4.39. The molecular formula is C6H3F3NS. The van der Waals surface area contributed by atoms with Crippen molar-refractivity contribution in [2.45, 2.75) is 11.1 Å². The van der Waals surface area contributed by atoms with Gasteiger partial charge in [0.05, 0.1) is 0 Å². The maximum absolute atomic E-state index is 11.9. The van der Waals surface area contributed by atoms with Crippen LogP contribution in [0.2, 0.25) is 0 Å². The van der Waals surface area contributed by atoms with Gasteiger partial charge in [0.25, 0.3) is 0 Å². The summed E-state index contributed by atoms with van der Waals surface area (Å²) >= 11 is 4.53. The summed E-state index contributed by atoms with van der Waals surface area (Å²) in [6.45, 7) is 0. The van der Waals surface area contributed by atoms with Gasteiger partial charge in [0.15, 0.2) is 0 Å². The van der Waals surface area contributed by atoms with Crippen LogP contribution in [0, 0.1) is 0 Å². The standard InChI is InChI=1S/C6H3F3NS/c7-6(8,9)5-3-4(11)1-2-10-5/h1-3H. The van der Waals surface area contributed by atoms with Crippen LogP contribution in [-0.4, -0.2) is 4.98 Å². The van der Waals surface area contributed by atoms with Crippen LogP contribution in [0.1, 0.15) is 5.69 Å². The highest BCUT2D eigenvalue weighted by molar-refractivity contribution is 7.80. The Balaban J connectivity index is 3.06. The number of halogens is 3. The van der Waals surface area contributed by atoms with Crippen molar-refractivity contribution in [3.8, 4) is 0 Å². The molecule has 0 saturated carbocycles. The summed E-state index contributed by atoms with van der Waals surface area (Å²) in [6, 6.07) is 2.17. The van der Waals surface area contributed by atoms with E-state index in [0.29, 0.717) is 0 Å². The van der Waals surface area contributed by atoms with E-state index in [1.54, 1.807) is 0 Å². The number of pyridine rings is 1. The Bertz CT molecular complexity index is 258. The topological polar surface area (TPSA) is 12.9 Å². The molecule has 1 aromatic rings. The lowest BCUT2D eigenvalue weighted by Gasteiger charge is -2.03. The summed E-state index contributed by atoms with van der Waals surface area (Å²) in [4.78, 5) is 3.26. The maximum atomic E-state index is 11.9. The van der Waals surface area contributed by atoms with E-state index in [1.165, 1.54) is 6.07 Å². The molecule has 0 N–H and O–H groups in total. The SMILES string of the molecule is FC(F)(F)c1cc([S])ccn1. The zero-order chi connectivity index (χ0) is 8.48. The van der Waals surface area contributed by atoms with E-state index >= 15 is 0 Å². The molecule has 0 unspecified atom stereocenters. The summed E-state index contributed by atoms with van der Waals surface area (Å²) in [5, 5.41) is 0. The quantitative estimate of drug-likeness (QED) is 0.595. The van der Waals surface area contributed by atoms with Crippen LogP contribution in [0.15, 0.2) is 23.2 Å². The molecule has 1 heterocycles. The second kappa shape index (κ2) is 2.65. The lowest BCUT2D eigenvalue weighted by molar-refractivity contribution is -0.141. The van der Waals surface area contributed by atoms with Crippen molar-refractivity contribution in [2.75, 3.05) is 0 Å². The number of aromatic nitrogens is 1. The van der Waals surface area contributed by atoms with Gasteiger partial charge in [-0.05, 0) is 12.1 Å². The summed E-state index contributed by atoms with van der Waals surface area (Å²) in [5.41, 5.74) is -0.940. The zero-order valence-electron chi connectivity index (χ0n) is 5.22.